The van der Waals surface area contributed by atoms with Crippen LogP contribution in [0.15, 0.2) is 24.4 Å². The van der Waals surface area contributed by atoms with Crippen molar-refractivity contribution in [3.63, 3.8) is 0 Å². The molecule has 4 nitrogen and oxygen atoms in total. The Labute approximate surface area is 102 Å². The highest BCUT2D eigenvalue weighted by Crippen LogP contribution is 2.25. The molecule has 1 aromatic rings. The first-order valence-corrected chi connectivity index (χ1v) is 7.61. The summed E-state index contributed by atoms with van der Waals surface area (Å²) in [5, 5.41) is 3.39. The van der Waals surface area contributed by atoms with Gasteiger partial charge in [-0.25, -0.2) is 8.42 Å². The standard InChI is InChI=1S/C12H18N2O2S/c1-10(11-5-3-4-7-13-11)14-12(2)6-8-17(15,16)9-12/h3-5,7,10,14H,6,8-9H2,1-2H3. The Kier molecular flexibility index (Phi) is 3.23. The lowest BCUT2D eigenvalue weighted by Gasteiger charge is -2.28. The molecule has 2 unspecified atom stereocenters. The molecule has 1 aromatic heterocycles. The SMILES string of the molecule is CC(NC1(C)CCS(=O)(=O)C1)c1ccccn1. The van der Waals surface area contributed by atoms with Crippen LogP contribution in [0.5, 0.6) is 0 Å². The Morgan fingerprint density at radius 3 is 2.76 bits per heavy atom. The molecule has 0 aliphatic carbocycles. The van der Waals surface area contributed by atoms with Gasteiger partial charge >= 0.3 is 0 Å². The van der Waals surface area contributed by atoms with Crippen molar-refractivity contribution in [1.82, 2.24) is 10.3 Å². The Hall–Kier alpha value is -0.940. The fraction of sp³-hybridized carbons (Fsp3) is 0.583. The van der Waals surface area contributed by atoms with E-state index in [4.69, 9.17) is 0 Å². The molecule has 1 aliphatic rings. The smallest absolute Gasteiger partial charge is 0.152 e. The maximum Gasteiger partial charge on any atom is 0.152 e. The zero-order valence-electron chi connectivity index (χ0n) is 10.2. The molecule has 94 valence electrons. The van der Waals surface area contributed by atoms with E-state index in [1.54, 1.807) is 6.20 Å². The highest BCUT2D eigenvalue weighted by atomic mass is 32.2. The van der Waals surface area contributed by atoms with E-state index in [0.29, 0.717) is 6.42 Å². The number of sulfone groups is 1. The summed E-state index contributed by atoms with van der Waals surface area (Å²) in [6, 6.07) is 5.82. The molecule has 1 saturated heterocycles. The van der Waals surface area contributed by atoms with E-state index in [1.807, 2.05) is 32.0 Å². The lowest BCUT2D eigenvalue weighted by Crippen LogP contribution is -2.44. The maximum absolute atomic E-state index is 11.5. The summed E-state index contributed by atoms with van der Waals surface area (Å²) in [6.07, 6.45) is 2.42. The number of aromatic nitrogens is 1. The number of hydrogen-bond donors (Lipinski definition) is 1. The van der Waals surface area contributed by atoms with Gasteiger partial charge in [0.15, 0.2) is 9.84 Å². The van der Waals surface area contributed by atoms with Gasteiger partial charge in [0.1, 0.15) is 0 Å². The first-order valence-electron chi connectivity index (χ1n) is 5.79. The van der Waals surface area contributed by atoms with Gasteiger partial charge in [-0.15, -0.1) is 0 Å². The highest BCUT2D eigenvalue weighted by molar-refractivity contribution is 7.91. The summed E-state index contributed by atoms with van der Waals surface area (Å²) in [5.41, 5.74) is 0.619. The highest BCUT2D eigenvalue weighted by Gasteiger charge is 2.39. The molecule has 2 atom stereocenters. The van der Waals surface area contributed by atoms with Crippen molar-refractivity contribution in [2.45, 2.75) is 31.8 Å². The average Bonchev–Trinajstić information content (AvgIpc) is 2.54. The minimum atomic E-state index is -2.86. The molecule has 0 saturated carbocycles. The Morgan fingerprint density at radius 1 is 1.47 bits per heavy atom. The van der Waals surface area contributed by atoms with Crippen LogP contribution in [-0.2, 0) is 9.84 Å². The normalized spacial score (nSPS) is 29.1. The fourth-order valence-corrected chi connectivity index (χ4v) is 4.46. The average molecular weight is 254 g/mol. The van der Waals surface area contributed by atoms with Gasteiger partial charge in [0, 0.05) is 17.8 Å². The first-order chi connectivity index (χ1) is 7.90. The first kappa shape index (κ1) is 12.5. The molecule has 5 heteroatoms. The Balaban J connectivity index is 2.07. The summed E-state index contributed by atoms with van der Waals surface area (Å²) in [7, 11) is -2.86. The molecule has 1 N–H and O–H groups in total. The van der Waals surface area contributed by atoms with Gasteiger partial charge in [0.25, 0.3) is 0 Å². The largest absolute Gasteiger partial charge is 0.302 e. The summed E-state index contributed by atoms with van der Waals surface area (Å²) in [4.78, 5) is 4.28. The van der Waals surface area contributed by atoms with Crippen LogP contribution in [-0.4, -0.2) is 30.4 Å². The molecule has 1 fully saturated rings. The van der Waals surface area contributed by atoms with Crippen LogP contribution in [0.3, 0.4) is 0 Å². The van der Waals surface area contributed by atoms with E-state index in [2.05, 4.69) is 10.3 Å². The van der Waals surface area contributed by atoms with Gasteiger partial charge in [-0.3, -0.25) is 4.98 Å². The van der Waals surface area contributed by atoms with E-state index < -0.39 is 9.84 Å². The topological polar surface area (TPSA) is 59.1 Å². The minimum absolute atomic E-state index is 0.0644. The molecule has 0 radical (unpaired) electrons. The van der Waals surface area contributed by atoms with Crippen LogP contribution in [0.4, 0.5) is 0 Å². The summed E-state index contributed by atoms with van der Waals surface area (Å²) >= 11 is 0. The van der Waals surface area contributed by atoms with Crippen molar-refractivity contribution >= 4 is 9.84 Å². The molecule has 1 aliphatic heterocycles. The zero-order chi connectivity index (χ0) is 12.5. The van der Waals surface area contributed by atoms with Crippen LogP contribution < -0.4 is 5.32 Å². The van der Waals surface area contributed by atoms with Crippen molar-refractivity contribution in [3.8, 4) is 0 Å². The van der Waals surface area contributed by atoms with Gasteiger partial charge < -0.3 is 5.32 Å². The number of pyridine rings is 1. The number of nitrogens with zero attached hydrogens (tertiary/aromatic N) is 1. The van der Waals surface area contributed by atoms with E-state index >= 15 is 0 Å². The molecule has 2 heterocycles. The maximum atomic E-state index is 11.5. The van der Waals surface area contributed by atoms with Crippen molar-refractivity contribution < 1.29 is 8.42 Å². The molecule has 2 rings (SSSR count). The van der Waals surface area contributed by atoms with Crippen molar-refractivity contribution in [1.29, 1.82) is 0 Å². The van der Waals surface area contributed by atoms with Crippen LogP contribution in [0.2, 0.25) is 0 Å². The van der Waals surface area contributed by atoms with Crippen molar-refractivity contribution in [2.75, 3.05) is 11.5 Å². The summed E-state index contributed by atoms with van der Waals surface area (Å²) in [6.45, 7) is 3.98. The fourth-order valence-electron chi connectivity index (χ4n) is 2.35. The Morgan fingerprint density at radius 2 is 2.24 bits per heavy atom. The van der Waals surface area contributed by atoms with E-state index in [-0.39, 0.29) is 23.1 Å². The molecule has 0 spiro atoms. The molecule has 0 aromatic carbocycles. The van der Waals surface area contributed by atoms with Crippen LogP contribution >= 0.6 is 0 Å². The predicted molar refractivity (Wildman–Crippen MR) is 67.5 cm³/mol. The molecule has 17 heavy (non-hydrogen) atoms. The molecular formula is C12H18N2O2S. The van der Waals surface area contributed by atoms with Gasteiger partial charge in [-0.2, -0.15) is 0 Å². The molecule has 0 bridgehead atoms. The predicted octanol–water partition coefficient (Wildman–Crippen LogP) is 1.31. The minimum Gasteiger partial charge on any atom is -0.302 e. The van der Waals surface area contributed by atoms with Gasteiger partial charge in [-0.1, -0.05) is 6.07 Å². The summed E-state index contributed by atoms with van der Waals surface area (Å²) in [5.74, 6) is 0.503. The van der Waals surface area contributed by atoms with E-state index in [9.17, 15) is 8.42 Å². The Bertz CT molecular complexity index is 486. The van der Waals surface area contributed by atoms with Crippen molar-refractivity contribution in [3.05, 3.63) is 30.1 Å². The zero-order valence-corrected chi connectivity index (χ0v) is 11.0. The molecular weight excluding hydrogens is 236 g/mol. The number of nitrogens with one attached hydrogen (secondary N) is 1. The lowest BCUT2D eigenvalue weighted by molar-refractivity contribution is 0.352. The van der Waals surface area contributed by atoms with E-state index in [1.165, 1.54) is 0 Å². The third-order valence-corrected chi connectivity index (χ3v) is 5.10. The van der Waals surface area contributed by atoms with Crippen LogP contribution in [0, 0.1) is 0 Å². The number of hydrogen-bond acceptors (Lipinski definition) is 4. The second kappa shape index (κ2) is 4.38. The third-order valence-electron chi connectivity index (χ3n) is 3.20. The van der Waals surface area contributed by atoms with Crippen LogP contribution in [0.25, 0.3) is 0 Å². The van der Waals surface area contributed by atoms with Crippen molar-refractivity contribution in [2.24, 2.45) is 0 Å². The second-order valence-corrected chi connectivity index (χ2v) is 7.21. The van der Waals surface area contributed by atoms with Gasteiger partial charge in [-0.05, 0) is 32.4 Å². The third kappa shape index (κ3) is 3.04. The van der Waals surface area contributed by atoms with Crippen LogP contribution in [0.1, 0.15) is 32.0 Å². The quantitative estimate of drug-likeness (QED) is 0.883. The second-order valence-electron chi connectivity index (χ2n) is 5.02. The lowest BCUT2D eigenvalue weighted by atomic mass is 10.00. The monoisotopic (exact) mass is 254 g/mol. The van der Waals surface area contributed by atoms with E-state index in [0.717, 1.165) is 5.69 Å². The number of rotatable bonds is 3. The van der Waals surface area contributed by atoms with Gasteiger partial charge in [0.2, 0.25) is 0 Å². The summed E-state index contributed by atoms with van der Waals surface area (Å²) < 4.78 is 23.0. The van der Waals surface area contributed by atoms with Gasteiger partial charge in [0.05, 0.1) is 17.2 Å². The molecule has 0 amide bonds.